The van der Waals surface area contributed by atoms with Crippen LogP contribution in [0.15, 0.2) is 36.5 Å². The van der Waals surface area contributed by atoms with Gasteiger partial charge in [-0.3, -0.25) is 9.78 Å². The largest absolute Gasteiger partial charge is 0.351 e. The molecule has 1 aliphatic rings. The molecule has 0 saturated carbocycles. The standard InChI is InChI=1S/C18H23N3O/c1-21-10-4-5-14(13-21)8-9-19-18(22)17-11-15-6-2-3-7-16(15)12-20-17/h2-3,6-7,11-12,14H,4-5,8-10,13H2,1H3,(H,19,22)/t14-/m0/s1. The molecule has 3 rings (SSSR count). The van der Waals surface area contributed by atoms with Crippen LogP contribution in [0.4, 0.5) is 0 Å². The van der Waals surface area contributed by atoms with Crippen molar-refractivity contribution in [3.05, 3.63) is 42.2 Å². The lowest BCUT2D eigenvalue weighted by Crippen LogP contribution is -2.34. The van der Waals surface area contributed by atoms with E-state index in [0.717, 1.165) is 30.3 Å². The lowest BCUT2D eigenvalue weighted by Gasteiger charge is -2.29. The van der Waals surface area contributed by atoms with Gasteiger partial charge in [0.25, 0.3) is 5.91 Å². The summed E-state index contributed by atoms with van der Waals surface area (Å²) in [4.78, 5) is 18.9. The Morgan fingerprint density at radius 3 is 3.00 bits per heavy atom. The van der Waals surface area contributed by atoms with E-state index in [2.05, 4.69) is 22.2 Å². The second kappa shape index (κ2) is 6.88. The van der Waals surface area contributed by atoms with Crippen molar-refractivity contribution in [1.29, 1.82) is 0 Å². The Morgan fingerprint density at radius 2 is 2.18 bits per heavy atom. The van der Waals surface area contributed by atoms with Gasteiger partial charge < -0.3 is 10.2 Å². The first kappa shape index (κ1) is 15.0. The van der Waals surface area contributed by atoms with Crippen LogP contribution in [-0.4, -0.2) is 42.5 Å². The van der Waals surface area contributed by atoms with Crippen molar-refractivity contribution in [3.63, 3.8) is 0 Å². The second-order valence-corrected chi connectivity index (χ2v) is 6.23. The number of pyridine rings is 1. The summed E-state index contributed by atoms with van der Waals surface area (Å²) in [6, 6.07) is 9.82. The van der Waals surface area contributed by atoms with Crippen molar-refractivity contribution in [2.45, 2.75) is 19.3 Å². The number of benzene rings is 1. The van der Waals surface area contributed by atoms with E-state index in [4.69, 9.17) is 0 Å². The average molecular weight is 297 g/mol. The van der Waals surface area contributed by atoms with Crippen LogP contribution in [0.5, 0.6) is 0 Å². The van der Waals surface area contributed by atoms with Crippen LogP contribution in [0.1, 0.15) is 29.8 Å². The zero-order chi connectivity index (χ0) is 15.4. The van der Waals surface area contributed by atoms with Gasteiger partial charge in [0, 0.05) is 24.7 Å². The highest BCUT2D eigenvalue weighted by molar-refractivity contribution is 5.96. The van der Waals surface area contributed by atoms with E-state index in [1.807, 2.05) is 30.3 Å². The number of fused-ring (bicyclic) bond motifs is 1. The fourth-order valence-corrected chi connectivity index (χ4v) is 3.20. The topological polar surface area (TPSA) is 45.2 Å². The van der Waals surface area contributed by atoms with Gasteiger partial charge in [0.15, 0.2) is 0 Å². The molecule has 0 aliphatic carbocycles. The number of nitrogens with one attached hydrogen (secondary N) is 1. The molecular formula is C18H23N3O. The van der Waals surface area contributed by atoms with E-state index in [9.17, 15) is 4.79 Å². The molecule has 2 aromatic rings. The van der Waals surface area contributed by atoms with Gasteiger partial charge in [-0.15, -0.1) is 0 Å². The van der Waals surface area contributed by atoms with Gasteiger partial charge >= 0.3 is 0 Å². The van der Waals surface area contributed by atoms with Crippen LogP contribution >= 0.6 is 0 Å². The third-order valence-corrected chi connectivity index (χ3v) is 4.42. The number of hydrogen-bond acceptors (Lipinski definition) is 3. The van der Waals surface area contributed by atoms with Gasteiger partial charge in [0.05, 0.1) is 0 Å². The summed E-state index contributed by atoms with van der Waals surface area (Å²) in [5.74, 6) is 0.624. The Bertz CT molecular complexity index is 656. The van der Waals surface area contributed by atoms with Crippen molar-refractivity contribution < 1.29 is 4.79 Å². The molecule has 1 aromatic heterocycles. The minimum Gasteiger partial charge on any atom is -0.351 e. The molecule has 22 heavy (non-hydrogen) atoms. The molecule has 4 heteroatoms. The van der Waals surface area contributed by atoms with Gasteiger partial charge in [-0.25, -0.2) is 0 Å². The average Bonchev–Trinajstić information content (AvgIpc) is 2.54. The first-order valence-corrected chi connectivity index (χ1v) is 8.04. The highest BCUT2D eigenvalue weighted by atomic mass is 16.1. The lowest BCUT2D eigenvalue weighted by atomic mass is 9.95. The summed E-state index contributed by atoms with van der Waals surface area (Å²) >= 11 is 0. The molecule has 1 fully saturated rings. The first-order valence-electron chi connectivity index (χ1n) is 8.04. The van der Waals surface area contributed by atoms with E-state index in [1.54, 1.807) is 6.20 Å². The van der Waals surface area contributed by atoms with Crippen molar-refractivity contribution in [2.75, 3.05) is 26.7 Å². The minimum absolute atomic E-state index is 0.0742. The van der Waals surface area contributed by atoms with Crippen molar-refractivity contribution in [1.82, 2.24) is 15.2 Å². The molecule has 0 bridgehead atoms. The highest BCUT2D eigenvalue weighted by Crippen LogP contribution is 2.18. The third-order valence-electron chi connectivity index (χ3n) is 4.42. The summed E-state index contributed by atoms with van der Waals surface area (Å²) in [7, 11) is 2.17. The van der Waals surface area contributed by atoms with Gasteiger partial charge in [0.1, 0.15) is 5.69 Å². The van der Waals surface area contributed by atoms with E-state index in [-0.39, 0.29) is 5.91 Å². The number of likely N-dealkylation sites (tertiary alicyclic amines) is 1. The Morgan fingerprint density at radius 1 is 1.36 bits per heavy atom. The number of rotatable bonds is 4. The summed E-state index contributed by atoms with van der Waals surface area (Å²) in [5.41, 5.74) is 0.500. The van der Waals surface area contributed by atoms with Crippen LogP contribution in [0, 0.1) is 5.92 Å². The summed E-state index contributed by atoms with van der Waals surface area (Å²) in [6.07, 6.45) is 5.35. The van der Waals surface area contributed by atoms with E-state index in [0.29, 0.717) is 11.6 Å². The Kier molecular flexibility index (Phi) is 4.68. The fourth-order valence-electron chi connectivity index (χ4n) is 3.20. The molecule has 1 amide bonds. The number of hydrogen-bond donors (Lipinski definition) is 1. The SMILES string of the molecule is CN1CCC[C@@H](CCNC(=O)c2cc3ccccc3cn2)C1. The van der Waals surface area contributed by atoms with Crippen LogP contribution in [0.25, 0.3) is 10.8 Å². The molecule has 1 aliphatic heterocycles. The highest BCUT2D eigenvalue weighted by Gasteiger charge is 2.17. The molecule has 0 radical (unpaired) electrons. The molecule has 116 valence electrons. The van der Waals surface area contributed by atoms with Crippen LogP contribution < -0.4 is 5.32 Å². The Hall–Kier alpha value is -1.94. The third kappa shape index (κ3) is 3.63. The molecule has 2 heterocycles. The molecule has 4 nitrogen and oxygen atoms in total. The fraction of sp³-hybridized carbons (Fsp3) is 0.444. The molecular weight excluding hydrogens is 274 g/mol. The minimum atomic E-state index is -0.0742. The van der Waals surface area contributed by atoms with Crippen LogP contribution in [0.3, 0.4) is 0 Å². The second-order valence-electron chi connectivity index (χ2n) is 6.23. The van der Waals surface area contributed by atoms with Crippen LogP contribution in [0.2, 0.25) is 0 Å². The normalized spacial score (nSPS) is 19.2. The van der Waals surface area contributed by atoms with E-state index in [1.165, 1.54) is 19.4 Å². The Labute approximate surface area is 131 Å². The maximum atomic E-state index is 12.2. The lowest BCUT2D eigenvalue weighted by molar-refractivity contribution is 0.0943. The number of carbonyl (C=O) groups excluding carboxylic acids is 1. The zero-order valence-corrected chi connectivity index (χ0v) is 13.1. The van der Waals surface area contributed by atoms with Crippen molar-refractivity contribution in [3.8, 4) is 0 Å². The zero-order valence-electron chi connectivity index (χ0n) is 13.1. The number of amides is 1. The van der Waals surface area contributed by atoms with Crippen molar-refractivity contribution in [2.24, 2.45) is 5.92 Å². The number of nitrogens with zero attached hydrogens (tertiary/aromatic N) is 2. The summed E-state index contributed by atoms with van der Waals surface area (Å²) in [6.45, 7) is 3.07. The van der Waals surface area contributed by atoms with Gasteiger partial charge in [-0.1, -0.05) is 24.3 Å². The molecule has 1 saturated heterocycles. The smallest absolute Gasteiger partial charge is 0.269 e. The van der Waals surface area contributed by atoms with E-state index >= 15 is 0 Å². The molecule has 1 atom stereocenters. The quantitative estimate of drug-likeness (QED) is 0.943. The summed E-state index contributed by atoms with van der Waals surface area (Å²) in [5, 5.41) is 5.12. The molecule has 1 aromatic carbocycles. The maximum Gasteiger partial charge on any atom is 0.269 e. The van der Waals surface area contributed by atoms with Gasteiger partial charge in [-0.05, 0) is 50.2 Å². The number of piperidine rings is 1. The summed E-state index contributed by atoms with van der Waals surface area (Å²) < 4.78 is 0. The molecule has 1 N–H and O–H groups in total. The van der Waals surface area contributed by atoms with Crippen LogP contribution in [-0.2, 0) is 0 Å². The number of carbonyl (C=O) groups is 1. The maximum absolute atomic E-state index is 12.2. The Balaban J connectivity index is 1.54. The first-order chi connectivity index (χ1) is 10.7. The predicted octanol–water partition coefficient (Wildman–Crippen LogP) is 2.70. The van der Waals surface area contributed by atoms with E-state index < -0.39 is 0 Å². The molecule has 0 unspecified atom stereocenters. The molecule has 0 spiro atoms. The van der Waals surface area contributed by atoms with Gasteiger partial charge in [-0.2, -0.15) is 0 Å². The number of aromatic nitrogens is 1. The van der Waals surface area contributed by atoms with Gasteiger partial charge in [0.2, 0.25) is 0 Å². The van der Waals surface area contributed by atoms with Crippen molar-refractivity contribution >= 4 is 16.7 Å². The monoisotopic (exact) mass is 297 g/mol. The predicted molar refractivity (Wildman–Crippen MR) is 88.9 cm³/mol.